The molecule has 0 radical (unpaired) electrons. The molecule has 1 rings (SSSR count). The minimum atomic E-state index is -3.25. The van der Waals surface area contributed by atoms with Crippen molar-refractivity contribution in [1.29, 1.82) is 0 Å². The predicted octanol–water partition coefficient (Wildman–Crippen LogP) is 2.76. The smallest absolute Gasteiger partial charge is 0.215 e. The molecule has 1 atom stereocenters. The van der Waals surface area contributed by atoms with E-state index in [0.717, 1.165) is 18.4 Å². The van der Waals surface area contributed by atoms with E-state index in [1.807, 2.05) is 37.3 Å². The average molecular weight is 290 g/mol. The molecule has 0 aliphatic heterocycles. The molecular formula is C13H20ClNO2S. The number of hydrogen-bond acceptors (Lipinski definition) is 2. The summed E-state index contributed by atoms with van der Waals surface area (Å²) in [5.41, 5.74) is 0.801. The minimum Gasteiger partial charge on any atom is -0.215 e. The van der Waals surface area contributed by atoms with Gasteiger partial charge in [0.25, 0.3) is 0 Å². The lowest BCUT2D eigenvalue weighted by Gasteiger charge is -2.14. The summed E-state index contributed by atoms with van der Waals surface area (Å²) >= 11 is 5.68. The molecule has 18 heavy (non-hydrogen) atoms. The topological polar surface area (TPSA) is 46.2 Å². The van der Waals surface area contributed by atoms with Gasteiger partial charge in [-0.2, -0.15) is 0 Å². The lowest BCUT2D eigenvalue weighted by Crippen LogP contribution is -2.30. The molecule has 0 fully saturated rings. The van der Waals surface area contributed by atoms with Crippen LogP contribution in [0.1, 0.15) is 25.3 Å². The number of nitrogens with one attached hydrogen (secondary N) is 1. The van der Waals surface area contributed by atoms with Gasteiger partial charge in [0.15, 0.2) is 0 Å². The van der Waals surface area contributed by atoms with Crippen LogP contribution in [-0.4, -0.2) is 20.8 Å². The fourth-order valence-electron chi connectivity index (χ4n) is 1.69. The van der Waals surface area contributed by atoms with Gasteiger partial charge in [0, 0.05) is 12.4 Å². The third-order valence-electron chi connectivity index (χ3n) is 2.89. The Morgan fingerprint density at radius 2 is 1.94 bits per heavy atom. The van der Waals surface area contributed by atoms with Gasteiger partial charge in [0.2, 0.25) is 10.0 Å². The normalized spacial score (nSPS) is 13.4. The number of halogens is 1. The Kier molecular flexibility index (Phi) is 6.68. The van der Waals surface area contributed by atoms with Gasteiger partial charge in [-0.1, -0.05) is 43.7 Å². The van der Waals surface area contributed by atoms with Gasteiger partial charge >= 0.3 is 0 Å². The highest BCUT2D eigenvalue weighted by molar-refractivity contribution is 7.88. The SMILES string of the molecule is CCC(CCCl)CNS(=O)(=O)Cc1ccccc1. The van der Waals surface area contributed by atoms with Crippen molar-refractivity contribution in [3.8, 4) is 0 Å². The van der Waals surface area contributed by atoms with Crippen molar-refractivity contribution in [1.82, 2.24) is 4.72 Å². The Morgan fingerprint density at radius 1 is 1.28 bits per heavy atom. The zero-order valence-corrected chi connectivity index (χ0v) is 12.2. The first-order chi connectivity index (χ1) is 8.57. The highest BCUT2D eigenvalue weighted by atomic mass is 35.5. The van der Waals surface area contributed by atoms with E-state index in [1.54, 1.807) is 0 Å². The van der Waals surface area contributed by atoms with Gasteiger partial charge in [-0.05, 0) is 17.9 Å². The number of alkyl halides is 1. The fraction of sp³-hybridized carbons (Fsp3) is 0.538. The molecule has 0 aromatic heterocycles. The second-order valence-electron chi connectivity index (χ2n) is 4.35. The molecule has 0 heterocycles. The number of sulfonamides is 1. The largest absolute Gasteiger partial charge is 0.215 e. The van der Waals surface area contributed by atoms with E-state index < -0.39 is 10.0 Å². The van der Waals surface area contributed by atoms with Crippen LogP contribution < -0.4 is 4.72 Å². The Morgan fingerprint density at radius 3 is 2.50 bits per heavy atom. The summed E-state index contributed by atoms with van der Waals surface area (Å²) in [6.45, 7) is 2.51. The van der Waals surface area contributed by atoms with E-state index in [2.05, 4.69) is 4.72 Å². The van der Waals surface area contributed by atoms with Gasteiger partial charge in [-0.15, -0.1) is 11.6 Å². The van der Waals surface area contributed by atoms with Crippen molar-refractivity contribution in [3.05, 3.63) is 35.9 Å². The standard InChI is InChI=1S/C13H20ClNO2S/c1-2-12(8-9-14)10-15-18(16,17)11-13-6-4-3-5-7-13/h3-7,12,15H,2,8-11H2,1H3. The van der Waals surface area contributed by atoms with Crippen molar-refractivity contribution < 1.29 is 8.42 Å². The first-order valence-electron chi connectivity index (χ1n) is 6.14. The monoisotopic (exact) mass is 289 g/mol. The van der Waals surface area contributed by atoms with Gasteiger partial charge < -0.3 is 0 Å². The van der Waals surface area contributed by atoms with Crippen LogP contribution in [0.25, 0.3) is 0 Å². The Hall–Kier alpha value is -0.580. The van der Waals surface area contributed by atoms with Crippen LogP contribution in [-0.2, 0) is 15.8 Å². The lowest BCUT2D eigenvalue weighted by atomic mass is 10.0. The summed E-state index contributed by atoms with van der Waals surface area (Å²) in [5, 5.41) is 0. The van der Waals surface area contributed by atoms with Crippen molar-refractivity contribution in [3.63, 3.8) is 0 Å². The molecule has 1 aromatic carbocycles. The van der Waals surface area contributed by atoms with Crippen molar-refractivity contribution in [2.45, 2.75) is 25.5 Å². The molecule has 0 bridgehead atoms. The zero-order chi connectivity index (χ0) is 13.4. The first kappa shape index (κ1) is 15.5. The van der Waals surface area contributed by atoms with Crippen LogP contribution in [0.5, 0.6) is 0 Å². The molecule has 0 spiro atoms. The minimum absolute atomic E-state index is 0.0329. The van der Waals surface area contributed by atoms with Crippen molar-refractivity contribution in [2.24, 2.45) is 5.92 Å². The molecule has 102 valence electrons. The van der Waals surface area contributed by atoms with Gasteiger partial charge in [-0.25, -0.2) is 13.1 Å². The van der Waals surface area contributed by atoms with E-state index >= 15 is 0 Å². The molecule has 3 nitrogen and oxygen atoms in total. The van der Waals surface area contributed by atoms with E-state index in [-0.39, 0.29) is 5.75 Å². The third kappa shape index (κ3) is 5.85. The summed E-state index contributed by atoms with van der Waals surface area (Å²) in [5.74, 6) is 0.914. The first-order valence-corrected chi connectivity index (χ1v) is 8.33. The molecule has 1 N–H and O–H groups in total. The van der Waals surface area contributed by atoms with Crippen molar-refractivity contribution >= 4 is 21.6 Å². The van der Waals surface area contributed by atoms with Gasteiger partial charge in [0.1, 0.15) is 0 Å². The van der Waals surface area contributed by atoms with Gasteiger partial charge in [0.05, 0.1) is 5.75 Å². The van der Waals surface area contributed by atoms with E-state index in [4.69, 9.17) is 11.6 Å². The lowest BCUT2D eigenvalue weighted by molar-refractivity contribution is 0.481. The average Bonchev–Trinajstić information content (AvgIpc) is 2.35. The maximum Gasteiger partial charge on any atom is 0.215 e. The molecule has 1 aromatic rings. The quantitative estimate of drug-likeness (QED) is 0.748. The van der Waals surface area contributed by atoms with E-state index in [9.17, 15) is 8.42 Å². The number of benzene rings is 1. The second-order valence-corrected chi connectivity index (χ2v) is 6.53. The molecule has 0 saturated carbocycles. The summed E-state index contributed by atoms with van der Waals surface area (Å²) in [7, 11) is -3.25. The van der Waals surface area contributed by atoms with Gasteiger partial charge in [-0.3, -0.25) is 0 Å². The number of hydrogen-bond donors (Lipinski definition) is 1. The highest BCUT2D eigenvalue weighted by Gasteiger charge is 2.14. The van der Waals surface area contributed by atoms with Crippen LogP contribution in [0.15, 0.2) is 30.3 Å². The van der Waals surface area contributed by atoms with Crippen LogP contribution in [0.3, 0.4) is 0 Å². The second kappa shape index (κ2) is 7.77. The molecule has 0 aliphatic rings. The summed E-state index contributed by atoms with van der Waals surface area (Å²) in [6, 6.07) is 9.18. The molecule has 0 aliphatic carbocycles. The van der Waals surface area contributed by atoms with Crippen LogP contribution in [0.2, 0.25) is 0 Å². The maximum absolute atomic E-state index is 11.9. The number of rotatable bonds is 8. The summed E-state index contributed by atoms with van der Waals surface area (Å²) in [6.07, 6.45) is 1.77. The van der Waals surface area contributed by atoms with Crippen LogP contribution >= 0.6 is 11.6 Å². The molecule has 1 unspecified atom stereocenters. The van der Waals surface area contributed by atoms with E-state index in [1.165, 1.54) is 0 Å². The third-order valence-corrected chi connectivity index (χ3v) is 4.42. The molecular weight excluding hydrogens is 270 g/mol. The Balaban J connectivity index is 2.50. The Labute approximate surface area is 115 Å². The molecule has 0 saturated heterocycles. The molecule has 5 heteroatoms. The zero-order valence-electron chi connectivity index (χ0n) is 10.6. The molecule has 0 amide bonds. The van der Waals surface area contributed by atoms with Crippen LogP contribution in [0, 0.1) is 5.92 Å². The van der Waals surface area contributed by atoms with Crippen molar-refractivity contribution in [2.75, 3.05) is 12.4 Å². The fourth-order valence-corrected chi connectivity index (χ4v) is 3.23. The van der Waals surface area contributed by atoms with Crippen LogP contribution in [0.4, 0.5) is 0 Å². The predicted molar refractivity (Wildman–Crippen MR) is 76.2 cm³/mol. The maximum atomic E-state index is 11.9. The summed E-state index contributed by atoms with van der Waals surface area (Å²) in [4.78, 5) is 0. The highest BCUT2D eigenvalue weighted by Crippen LogP contribution is 2.09. The van der Waals surface area contributed by atoms with E-state index in [0.29, 0.717) is 18.3 Å². The Bertz CT molecular complexity index is 434. The summed E-state index contributed by atoms with van der Waals surface area (Å²) < 4.78 is 26.4.